The fourth-order valence-electron chi connectivity index (χ4n) is 1.80. The minimum Gasteiger partial charge on any atom is -0.492 e. The van der Waals surface area contributed by atoms with Gasteiger partial charge in [0.2, 0.25) is 11.8 Å². The summed E-state index contributed by atoms with van der Waals surface area (Å²) in [6.07, 6.45) is 0. The monoisotopic (exact) mass is 408 g/mol. The highest BCUT2D eigenvalue weighted by atomic mass is 35.5. The zero-order valence-electron chi connectivity index (χ0n) is 15.7. The molecule has 0 heterocycles. The maximum absolute atomic E-state index is 11.9. The number of halogens is 2. The van der Waals surface area contributed by atoms with Crippen LogP contribution in [0.4, 0.5) is 5.69 Å². The van der Waals surface area contributed by atoms with Crippen molar-refractivity contribution in [3.05, 3.63) is 24.3 Å². The molecule has 0 aromatic heterocycles. The van der Waals surface area contributed by atoms with Gasteiger partial charge in [0.1, 0.15) is 12.4 Å². The third-order valence-electron chi connectivity index (χ3n) is 3.37. The lowest BCUT2D eigenvalue weighted by Gasteiger charge is -2.15. The average molecular weight is 409 g/mol. The number of nitrogens with one attached hydrogen (secondary N) is 2. The standard InChI is InChI=1S/C17H28N4O3.2ClH/c1-12(2)16(18)17(23)19-11-15(22)20-13-6-5-7-14(10-13)24-9-8-21(3)4;;/h5-7,10,12,16H,8-9,11,18H2,1-4H3,(H,19,23)(H,20,22);2*1H/t16-;;/m0../s1. The van der Waals surface area contributed by atoms with E-state index in [-0.39, 0.29) is 49.1 Å². The van der Waals surface area contributed by atoms with Crippen LogP contribution in [0, 0.1) is 5.92 Å². The van der Waals surface area contributed by atoms with E-state index in [1.165, 1.54) is 0 Å². The number of ether oxygens (including phenoxy) is 1. The smallest absolute Gasteiger partial charge is 0.243 e. The fraction of sp³-hybridized carbons (Fsp3) is 0.529. The van der Waals surface area contributed by atoms with Crippen molar-refractivity contribution in [3.63, 3.8) is 0 Å². The van der Waals surface area contributed by atoms with Gasteiger partial charge in [-0.1, -0.05) is 19.9 Å². The van der Waals surface area contributed by atoms with Crippen LogP contribution in [0.15, 0.2) is 24.3 Å². The lowest BCUT2D eigenvalue weighted by atomic mass is 10.1. The summed E-state index contributed by atoms with van der Waals surface area (Å²) in [4.78, 5) is 25.7. The summed E-state index contributed by atoms with van der Waals surface area (Å²) in [6, 6.07) is 6.52. The Balaban J connectivity index is 0. The number of nitrogens with two attached hydrogens (primary N) is 1. The molecule has 9 heteroatoms. The molecule has 0 radical (unpaired) electrons. The Labute approximate surface area is 167 Å². The number of hydrogen-bond acceptors (Lipinski definition) is 5. The largest absolute Gasteiger partial charge is 0.492 e. The molecule has 2 amide bonds. The van der Waals surface area contributed by atoms with Crippen LogP contribution in [-0.2, 0) is 9.59 Å². The van der Waals surface area contributed by atoms with Crippen molar-refractivity contribution in [1.29, 1.82) is 0 Å². The van der Waals surface area contributed by atoms with Crippen LogP contribution >= 0.6 is 24.8 Å². The summed E-state index contributed by atoms with van der Waals surface area (Å²) < 4.78 is 5.62. The molecule has 0 unspecified atom stereocenters. The van der Waals surface area contributed by atoms with Gasteiger partial charge in [-0.3, -0.25) is 9.59 Å². The van der Waals surface area contributed by atoms with E-state index in [2.05, 4.69) is 10.6 Å². The lowest BCUT2D eigenvalue weighted by molar-refractivity contribution is -0.125. The highest BCUT2D eigenvalue weighted by Crippen LogP contribution is 2.17. The number of carbonyl (C=O) groups is 2. The normalized spacial score (nSPS) is 11.2. The molecule has 1 atom stereocenters. The molecule has 4 N–H and O–H groups in total. The third-order valence-corrected chi connectivity index (χ3v) is 3.37. The predicted octanol–water partition coefficient (Wildman–Crippen LogP) is 1.51. The summed E-state index contributed by atoms with van der Waals surface area (Å²) in [5.74, 6) is 0.0511. The van der Waals surface area contributed by atoms with Crippen molar-refractivity contribution in [2.75, 3.05) is 39.1 Å². The molecule has 0 spiro atoms. The number of benzene rings is 1. The second kappa shape index (κ2) is 13.6. The molecule has 0 aliphatic heterocycles. The van der Waals surface area contributed by atoms with Gasteiger partial charge in [-0.05, 0) is 32.1 Å². The van der Waals surface area contributed by atoms with Crippen molar-refractivity contribution in [2.45, 2.75) is 19.9 Å². The second-order valence-corrected chi connectivity index (χ2v) is 6.22. The number of hydrogen-bond donors (Lipinski definition) is 3. The molecule has 0 fully saturated rings. The summed E-state index contributed by atoms with van der Waals surface area (Å²) in [6.45, 7) is 4.95. The van der Waals surface area contributed by atoms with E-state index >= 15 is 0 Å². The molecule has 0 bridgehead atoms. The van der Waals surface area contributed by atoms with Gasteiger partial charge in [0.15, 0.2) is 0 Å². The molecule has 26 heavy (non-hydrogen) atoms. The molecular weight excluding hydrogens is 379 g/mol. The first-order chi connectivity index (χ1) is 11.3. The Hall–Kier alpha value is -1.54. The topological polar surface area (TPSA) is 96.7 Å². The Morgan fingerprint density at radius 1 is 1.23 bits per heavy atom. The van der Waals surface area contributed by atoms with Gasteiger partial charge < -0.3 is 26.0 Å². The highest BCUT2D eigenvalue weighted by Gasteiger charge is 2.17. The third kappa shape index (κ3) is 10.5. The van der Waals surface area contributed by atoms with Crippen molar-refractivity contribution in [3.8, 4) is 5.75 Å². The van der Waals surface area contributed by atoms with Crippen LogP contribution in [0.25, 0.3) is 0 Å². The minimum atomic E-state index is -0.619. The molecule has 1 aromatic rings. The second-order valence-electron chi connectivity index (χ2n) is 6.22. The van der Waals surface area contributed by atoms with E-state index in [4.69, 9.17) is 10.5 Å². The Kier molecular flexibility index (Phi) is 14.0. The quantitative estimate of drug-likeness (QED) is 0.575. The van der Waals surface area contributed by atoms with E-state index in [0.29, 0.717) is 18.0 Å². The molecule has 0 saturated heterocycles. The lowest BCUT2D eigenvalue weighted by Crippen LogP contribution is -2.46. The van der Waals surface area contributed by atoms with E-state index in [1.807, 2.05) is 38.9 Å². The molecule has 150 valence electrons. The van der Waals surface area contributed by atoms with Gasteiger partial charge in [-0.2, -0.15) is 0 Å². The number of nitrogens with zero attached hydrogens (tertiary/aromatic N) is 1. The fourth-order valence-corrected chi connectivity index (χ4v) is 1.80. The van der Waals surface area contributed by atoms with Crippen LogP contribution in [-0.4, -0.2) is 56.5 Å². The number of anilines is 1. The first-order valence-electron chi connectivity index (χ1n) is 8.00. The van der Waals surface area contributed by atoms with Crippen LogP contribution in [0.5, 0.6) is 5.75 Å². The molecule has 0 aliphatic rings. The SMILES string of the molecule is CC(C)[C@H](N)C(=O)NCC(=O)Nc1cccc(OCCN(C)C)c1.Cl.Cl. The first kappa shape index (κ1) is 26.7. The molecular formula is C17H30Cl2N4O3. The van der Waals surface area contributed by atoms with Gasteiger partial charge in [-0.25, -0.2) is 0 Å². The summed E-state index contributed by atoms with van der Waals surface area (Å²) in [5.41, 5.74) is 6.34. The molecule has 0 saturated carbocycles. The number of rotatable bonds is 9. The van der Waals surface area contributed by atoms with Gasteiger partial charge in [0.05, 0.1) is 12.6 Å². The number of amides is 2. The van der Waals surface area contributed by atoms with Crippen LogP contribution in [0.1, 0.15) is 13.8 Å². The molecule has 7 nitrogen and oxygen atoms in total. The van der Waals surface area contributed by atoms with Crippen LogP contribution in [0.2, 0.25) is 0 Å². The maximum Gasteiger partial charge on any atom is 0.243 e. The number of likely N-dealkylation sites (N-methyl/N-ethyl adjacent to an activating group) is 1. The average Bonchev–Trinajstić information content (AvgIpc) is 2.51. The summed E-state index contributed by atoms with van der Waals surface area (Å²) in [5, 5.41) is 5.25. The Morgan fingerprint density at radius 3 is 2.46 bits per heavy atom. The van der Waals surface area contributed by atoms with Gasteiger partial charge in [0.25, 0.3) is 0 Å². The molecule has 0 aliphatic carbocycles. The maximum atomic E-state index is 11.9. The highest BCUT2D eigenvalue weighted by molar-refractivity contribution is 5.95. The number of carbonyl (C=O) groups excluding carboxylic acids is 2. The van der Waals surface area contributed by atoms with Crippen LogP contribution < -0.4 is 21.1 Å². The van der Waals surface area contributed by atoms with Crippen molar-refractivity contribution in [2.24, 2.45) is 11.7 Å². The van der Waals surface area contributed by atoms with E-state index in [1.54, 1.807) is 18.2 Å². The van der Waals surface area contributed by atoms with Crippen LogP contribution in [0.3, 0.4) is 0 Å². The minimum absolute atomic E-state index is 0. The molecule has 1 rings (SSSR count). The zero-order valence-corrected chi connectivity index (χ0v) is 17.3. The van der Waals surface area contributed by atoms with E-state index in [9.17, 15) is 9.59 Å². The van der Waals surface area contributed by atoms with Gasteiger partial charge >= 0.3 is 0 Å². The summed E-state index contributed by atoms with van der Waals surface area (Å²) in [7, 11) is 3.94. The van der Waals surface area contributed by atoms with E-state index in [0.717, 1.165) is 6.54 Å². The zero-order chi connectivity index (χ0) is 18.1. The van der Waals surface area contributed by atoms with Crippen molar-refractivity contribution in [1.82, 2.24) is 10.2 Å². The molecule has 1 aromatic carbocycles. The Bertz CT molecular complexity index is 557. The van der Waals surface area contributed by atoms with E-state index < -0.39 is 6.04 Å². The van der Waals surface area contributed by atoms with Crippen molar-refractivity contribution < 1.29 is 14.3 Å². The van der Waals surface area contributed by atoms with Crippen molar-refractivity contribution >= 4 is 42.3 Å². The Morgan fingerprint density at radius 2 is 1.88 bits per heavy atom. The van der Waals surface area contributed by atoms with Gasteiger partial charge in [-0.15, -0.1) is 24.8 Å². The van der Waals surface area contributed by atoms with Gasteiger partial charge in [0, 0.05) is 18.3 Å². The first-order valence-corrected chi connectivity index (χ1v) is 8.00. The summed E-state index contributed by atoms with van der Waals surface area (Å²) >= 11 is 0. The predicted molar refractivity (Wildman–Crippen MR) is 109 cm³/mol.